The van der Waals surface area contributed by atoms with Gasteiger partial charge in [-0.3, -0.25) is 47.9 Å². The molecule has 23 heteroatoms. The van der Waals surface area contributed by atoms with Crippen molar-refractivity contribution in [3.8, 4) is 0 Å². The van der Waals surface area contributed by atoms with E-state index in [2.05, 4.69) is 12.5 Å². The maximum atomic E-state index is 16.0. The standard InChI is InChI=1S/C100H113BN11O10S/c102-81-21-1-61(2-22-81)41-71(92(114)53-73(43-63-5-25-83(104)26-6-63)94(116)55-75(45-65-9-29-85(106)30-10-65)96(118)57-77(47-67-13-33-87(108)34-14-67)98(120)59-79(100(112)122)49-69-17-37-89(110)38-18-69)51-91(113)72(42-62-3-23-82(103)24-4-62)52-93(115)74(44-64-7-27-84(105)28-8-64)54-95(117)76(46-66-11-31-86(107)32-12-66)56-97(119)78(48-68-15-35-88(109)36-16-68)58-99(121)80(60-101-123)50-70-19-39-90(111)40-20-70/h1-40,71-80,123H,41-60,102-111H2,(H2,112,122). The lowest BCUT2D eigenvalue weighted by Crippen LogP contribution is -2.34. The molecule has 0 saturated carbocycles. The topological polar surface area (TPSA) is 457 Å². The number of rotatable bonds is 50. The van der Waals surface area contributed by atoms with Crippen molar-refractivity contribution in [3.05, 3.63) is 298 Å². The maximum absolute atomic E-state index is 16.0. The van der Waals surface area contributed by atoms with Crippen molar-refractivity contribution in [3.63, 3.8) is 0 Å². The van der Waals surface area contributed by atoms with Gasteiger partial charge in [-0.15, -0.1) is 0 Å². The molecule has 10 atom stereocenters. The molecule has 0 fully saturated rings. The fourth-order valence-electron chi connectivity index (χ4n) is 16.2. The molecule has 637 valence electrons. The number of nitrogens with two attached hydrogens (primary N) is 11. The van der Waals surface area contributed by atoms with Crippen molar-refractivity contribution in [2.24, 2.45) is 64.9 Å². The van der Waals surface area contributed by atoms with Gasteiger partial charge in [-0.2, -0.15) is 0 Å². The first-order chi connectivity index (χ1) is 58.9. The largest absolute Gasteiger partial charge is 0.399 e. The van der Waals surface area contributed by atoms with Gasteiger partial charge in [0.05, 0.1) is 0 Å². The Kier molecular flexibility index (Phi) is 33.9. The maximum Gasteiger partial charge on any atom is 0.221 e. The third-order valence-corrected chi connectivity index (χ3v) is 23.7. The molecule has 21 nitrogen and oxygen atoms in total. The van der Waals surface area contributed by atoms with E-state index in [1.165, 1.54) is 0 Å². The van der Waals surface area contributed by atoms with E-state index in [1.54, 1.807) is 225 Å². The van der Waals surface area contributed by atoms with Crippen LogP contribution >= 0.6 is 12.5 Å². The third kappa shape index (κ3) is 29.5. The summed E-state index contributed by atoms with van der Waals surface area (Å²) in [5, 5.41) is 0. The van der Waals surface area contributed by atoms with Crippen LogP contribution in [0.2, 0.25) is 6.32 Å². The molecule has 123 heavy (non-hydrogen) atoms. The van der Waals surface area contributed by atoms with E-state index >= 15 is 33.6 Å². The number of benzene rings is 10. The van der Waals surface area contributed by atoms with Gasteiger partial charge in [-0.05, 0) is 241 Å². The Balaban J connectivity index is 0.963. The molecule has 1 radical (unpaired) electrons. The number of hydrogen-bond donors (Lipinski definition) is 12. The summed E-state index contributed by atoms with van der Waals surface area (Å²) in [5.41, 5.74) is 79.5. The van der Waals surface area contributed by atoms with Crippen molar-refractivity contribution in [2.45, 2.75) is 128 Å². The van der Waals surface area contributed by atoms with Crippen molar-refractivity contribution in [1.82, 2.24) is 0 Å². The van der Waals surface area contributed by atoms with Crippen LogP contribution in [0.15, 0.2) is 243 Å². The van der Waals surface area contributed by atoms with E-state index in [1.807, 2.05) is 24.3 Å². The predicted octanol–water partition coefficient (Wildman–Crippen LogP) is 13.5. The quantitative estimate of drug-likeness (QED) is 0.00957. The zero-order valence-corrected chi connectivity index (χ0v) is 70.4. The van der Waals surface area contributed by atoms with E-state index in [0.717, 1.165) is 16.7 Å². The number of primary amides is 1. The second-order valence-corrected chi connectivity index (χ2v) is 33.6. The van der Waals surface area contributed by atoms with E-state index < -0.39 is 119 Å². The van der Waals surface area contributed by atoms with E-state index in [-0.39, 0.29) is 114 Å². The number of carbonyl (C=O) groups is 10. The highest BCUT2D eigenvalue weighted by Crippen LogP contribution is 2.35. The Labute approximate surface area is 726 Å². The average Bonchev–Trinajstić information content (AvgIpc) is 0.836. The van der Waals surface area contributed by atoms with Gasteiger partial charge in [-0.1, -0.05) is 128 Å². The lowest BCUT2D eigenvalue weighted by molar-refractivity contribution is -0.136. The highest BCUT2D eigenvalue weighted by Gasteiger charge is 2.39. The van der Waals surface area contributed by atoms with Gasteiger partial charge in [0.25, 0.3) is 0 Å². The summed E-state index contributed by atoms with van der Waals surface area (Å²) in [6.45, 7) is 1.63. The molecule has 22 N–H and O–H groups in total. The van der Waals surface area contributed by atoms with E-state index in [4.69, 9.17) is 63.1 Å². The van der Waals surface area contributed by atoms with Crippen molar-refractivity contribution >= 4 is 134 Å². The van der Waals surface area contributed by atoms with Crippen molar-refractivity contribution in [2.75, 3.05) is 57.3 Å². The summed E-state index contributed by atoms with van der Waals surface area (Å²) >= 11 is 4.41. The summed E-state index contributed by atoms with van der Waals surface area (Å²) in [6.07, 6.45) is -1.73. The number of Topliss-reactive ketones (excluding diaryl/α,β-unsaturated/α-hetero) is 9. The molecule has 0 bridgehead atoms. The van der Waals surface area contributed by atoms with Gasteiger partial charge in [0.1, 0.15) is 52.0 Å². The van der Waals surface area contributed by atoms with Crippen molar-refractivity contribution < 1.29 is 47.9 Å². The number of anilines is 10. The van der Waals surface area contributed by atoms with Crippen LogP contribution in [0.1, 0.15) is 113 Å². The average molecular weight is 1670 g/mol. The first-order valence-electron chi connectivity index (χ1n) is 41.9. The normalized spacial score (nSPS) is 13.8. The summed E-state index contributed by atoms with van der Waals surface area (Å²) in [4.78, 5) is 153. The second kappa shape index (κ2) is 45.1. The van der Waals surface area contributed by atoms with Gasteiger partial charge >= 0.3 is 0 Å². The second-order valence-electron chi connectivity index (χ2n) is 33.3. The summed E-state index contributed by atoms with van der Waals surface area (Å²) in [6, 6.07) is 69.6. The fraction of sp³-hybridized carbons (Fsp3) is 0.300. The molecule has 0 spiro atoms. The van der Waals surface area contributed by atoms with Crippen molar-refractivity contribution in [1.29, 1.82) is 0 Å². The summed E-state index contributed by atoms with van der Waals surface area (Å²) in [5.74, 6) is -14.0. The molecule has 10 unspecified atom stereocenters. The highest BCUT2D eigenvalue weighted by atomic mass is 32.1. The molecule has 0 aliphatic carbocycles. The van der Waals surface area contributed by atoms with Gasteiger partial charge in [-0.25, -0.2) is 12.5 Å². The lowest BCUT2D eigenvalue weighted by Gasteiger charge is -2.26. The monoisotopic (exact) mass is 1670 g/mol. The van der Waals surface area contributed by atoms with Crippen LogP contribution in [-0.2, 0) is 112 Å². The zero-order chi connectivity index (χ0) is 88.2. The van der Waals surface area contributed by atoms with Gasteiger partial charge < -0.3 is 63.1 Å². The van der Waals surface area contributed by atoms with Crippen LogP contribution in [0.25, 0.3) is 0 Å². The Bertz CT molecular complexity index is 5240. The zero-order valence-electron chi connectivity index (χ0n) is 69.5. The number of nitrogen functional groups attached to an aromatic ring is 10. The summed E-state index contributed by atoms with van der Waals surface area (Å²) in [7, 11) is 0. The molecule has 10 aromatic rings. The molecule has 10 aromatic carbocycles. The number of thiol groups is 1. The minimum absolute atomic E-state index is 0.00424. The predicted molar refractivity (Wildman–Crippen MR) is 496 cm³/mol. The highest BCUT2D eigenvalue weighted by molar-refractivity contribution is 8.06. The number of amides is 1. The molecular weight excluding hydrogens is 1560 g/mol. The third-order valence-electron chi connectivity index (χ3n) is 23.5. The fourth-order valence-corrected chi connectivity index (χ4v) is 16.5. The molecule has 0 heterocycles. The Morgan fingerprint density at radius 3 is 0.415 bits per heavy atom. The van der Waals surface area contributed by atoms with E-state index in [0.29, 0.717) is 109 Å². The molecule has 0 aliphatic heterocycles. The van der Waals surface area contributed by atoms with Gasteiger partial charge in [0, 0.05) is 174 Å². The van der Waals surface area contributed by atoms with Crippen LogP contribution in [0.4, 0.5) is 56.9 Å². The van der Waals surface area contributed by atoms with Gasteiger partial charge in [0.2, 0.25) is 5.91 Å². The molecule has 0 aromatic heterocycles. The number of carbonyl (C=O) groups excluding carboxylic acids is 10. The Morgan fingerprint density at radius 2 is 0.293 bits per heavy atom. The number of ketones is 9. The first kappa shape index (κ1) is 92.4. The van der Waals surface area contributed by atoms with Crippen LogP contribution in [0, 0.1) is 59.2 Å². The van der Waals surface area contributed by atoms with Gasteiger partial charge in [0.15, 0.2) is 6.56 Å². The Morgan fingerprint density at radius 1 is 0.187 bits per heavy atom. The minimum atomic E-state index is -1.11. The first-order valence-corrected chi connectivity index (χ1v) is 42.4. The smallest absolute Gasteiger partial charge is 0.221 e. The molecule has 0 saturated heterocycles. The lowest BCUT2D eigenvalue weighted by atomic mass is 9.76. The molecular formula is C100H113BN11O10S. The Hall–Kier alpha value is -12.9. The minimum Gasteiger partial charge on any atom is -0.399 e. The molecule has 10 rings (SSSR count). The SMILES string of the molecule is NC(=O)C(CC(=O)C(CC(=O)C(CC(=O)C(CC(=O)C(CC(=O)C(CC(=O)C(CC(=O)C(CC(=O)C(CC(=O)C(C[B]S)Cc1ccc(N)cc1)Cc1ccc(N)cc1)Cc1ccc(N)cc1)Cc1ccc(N)cc1)Cc1ccc(N)cc1)Cc1ccc(N)cc1)Cc1ccc(N)cc1)Cc1ccc(N)cc1)Cc1ccc(N)cc1)Cc1ccc(N)cc1. The van der Waals surface area contributed by atoms with Crippen LogP contribution < -0.4 is 63.1 Å². The van der Waals surface area contributed by atoms with Crippen LogP contribution in [0.3, 0.4) is 0 Å². The molecule has 0 aliphatic rings. The van der Waals surface area contributed by atoms with Crippen LogP contribution in [-0.4, -0.2) is 64.5 Å². The van der Waals surface area contributed by atoms with E-state index in [9.17, 15) is 14.4 Å². The molecule has 1 amide bonds. The number of hydrogen-bond acceptors (Lipinski definition) is 21. The van der Waals surface area contributed by atoms with Crippen LogP contribution in [0.5, 0.6) is 0 Å². The summed E-state index contributed by atoms with van der Waals surface area (Å²) < 4.78 is 0.